The lowest BCUT2D eigenvalue weighted by atomic mass is 10.0. The Balaban J connectivity index is 2.27. The highest BCUT2D eigenvalue weighted by molar-refractivity contribution is 7.86. The highest BCUT2D eigenvalue weighted by Gasteiger charge is 2.20. The maximum absolute atomic E-state index is 11.5. The molecule has 0 radical (unpaired) electrons. The third kappa shape index (κ3) is 3.61. The molecular weight excluding hydrogens is 396 g/mol. The molecule has 0 unspecified atom stereocenters. The van der Waals surface area contributed by atoms with E-state index in [1.807, 2.05) is 0 Å². The molecule has 27 heavy (non-hydrogen) atoms. The summed E-state index contributed by atoms with van der Waals surface area (Å²) in [6.07, 6.45) is 0. The second kappa shape index (κ2) is 6.95. The van der Waals surface area contributed by atoms with Crippen LogP contribution in [0.1, 0.15) is 10.4 Å². The molecule has 3 N–H and O–H groups in total. The predicted octanol–water partition coefficient (Wildman–Crippen LogP) is 4.56. The van der Waals surface area contributed by atoms with Crippen molar-refractivity contribution in [1.29, 1.82) is 0 Å². The van der Waals surface area contributed by atoms with Gasteiger partial charge < -0.3 is 10.2 Å². The van der Waals surface area contributed by atoms with Crippen molar-refractivity contribution in [2.45, 2.75) is 4.90 Å². The molecular formula is C17H11ClN2O6S. The Morgan fingerprint density at radius 3 is 2.33 bits per heavy atom. The molecule has 0 saturated heterocycles. The fourth-order valence-electron chi connectivity index (χ4n) is 2.48. The van der Waals surface area contributed by atoms with Gasteiger partial charge in [0.15, 0.2) is 5.75 Å². The van der Waals surface area contributed by atoms with Crippen molar-refractivity contribution < 1.29 is 28.0 Å². The van der Waals surface area contributed by atoms with Gasteiger partial charge in [-0.3, -0.25) is 4.55 Å². The lowest BCUT2D eigenvalue weighted by Crippen LogP contribution is -1.98. The van der Waals surface area contributed by atoms with Crippen LogP contribution in [0.5, 0.6) is 5.75 Å². The lowest BCUT2D eigenvalue weighted by molar-refractivity contribution is 0.0694. The third-order valence-corrected chi connectivity index (χ3v) is 4.89. The van der Waals surface area contributed by atoms with Crippen molar-refractivity contribution in [2.75, 3.05) is 0 Å². The van der Waals surface area contributed by atoms with Crippen molar-refractivity contribution in [1.82, 2.24) is 0 Å². The number of carbonyl (C=O) groups is 1. The van der Waals surface area contributed by atoms with Gasteiger partial charge >= 0.3 is 5.97 Å². The van der Waals surface area contributed by atoms with Crippen molar-refractivity contribution in [3.05, 3.63) is 59.1 Å². The number of carboxylic acid groups (broad SMARTS) is 1. The molecule has 0 aliphatic heterocycles. The van der Waals surface area contributed by atoms with Gasteiger partial charge in [-0.25, -0.2) is 4.79 Å². The second-order valence-electron chi connectivity index (χ2n) is 5.41. The van der Waals surface area contributed by atoms with Gasteiger partial charge in [-0.1, -0.05) is 41.9 Å². The Hall–Kier alpha value is -3.01. The molecule has 0 fully saturated rings. The quantitative estimate of drug-likeness (QED) is 0.429. The van der Waals surface area contributed by atoms with Crippen molar-refractivity contribution in [2.24, 2.45) is 10.2 Å². The molecule has 0 heterocycles. The molecule has 3 aromatic carbocycles. The number of carboxylic acids is 1. The molecule has 3 aromatic rings. The zero-order chi connectivity index (χ0) is 19.8. The smallest absolute Gasteiger partial charge is 0.339 e. The first-order valence-corrected chi connectivity index (χ1v) is 9.17. The largest absolute Gasteiger partial charge is 0.505 e. The Bertz CT molecular complexity index is 1210. The zero-order valence-corrected chi connectivity index (χ0v) is 14.9. The minimum Gasteiger partial charge on any atom is -0.505 e. The van der Waals surface area contributed by atoms with E-state index in [1.165, 1.54) is 18.2 Å². The van der Waals surface area contributed by atoms with Gasteiger partial charge in [0.1, 0.15) is 21.8 Å². The third-order valence-electron chi connectivity index (χ3n) is 3.70. The molecule has 0 amide bonds. The van der Waals surface area contributed by atoms with E-state index in [9.17, 15) is 28.0 Å². The first-order valence-electron chi connectivity index (χ1n) is 7.36. The Labute approximate surface area is 158 Å². The Kier molecular flexibility index (Phi) is 4.83. The normalized spacial score (nSPS) is 11.9. The molecule has 0 aromatic heterocycles. The van der Waals surface area contributed by atoms with Gasteiger partial charge in [-0.05, 0) is 23.6 Å². The summed E-state index contributed by atoms with van der Waals surface area (Å²) in [6.45, 7) is 0. The first-order chi connectivity index (χ1) is 12.7. The van der Waals surface area contributed by atoms with E-state index in [0.717, 1.165) is 6.07 Å². The molecule has 0 saturated carbocycles. The molecule has 0 aliphatic rings. The summed E-state index contributed by atoms with van der Waals surface area (Å²) in [5, 5.41) is 27.9. The van der Waals surface area contributed by atoms with E-state index in [-0.39, 0.29) is 16.4 Å². The number of fused-ring (bicyclic) bond motifs is 1. The molecule has 0 aliphatic carbocycles. The minimum absolute atomic E-state index is 0.105. The van der Waals surface area contributed by atoms with Gasteiger partial charge in [-0.2, -0.15) is 8.42 Å². The van der Waals surface area contributed by atoms with E-state index in [2.05, 4.69) is 10.2 Å². The molecule has 138 valence electrons. The van der Waals surface area contributed by atoms with Crippen LogP contribution in [0, 0.1) is 0 Å². The van der Waals surface area contributed by atoms with E-state index in [1.54, 1.807) is 24.3 Å². The van der Waals surface area contributed by atoms with Crippen LogP contribution in [0.4, 0.5) is 11.4 Å². The molecule has 0 bridgehead atoms. The monoisotopic (exact) mass is 406 g/mol. The molecule has 0 spiro atoms. The number of aromatic hydroxyl groups is 1. The highest BCUT2D eigenvalue weighted by Crippen LogP contribution is 2.41. The van der Waals surface area contributed by atoms with Crippen LogP contribution in [0.2, 0.25) is 5.02 Å². The minimum atomic E-state index is -4.63. The first kappa shape index (κ1) is 18.8. The van der Waals surface area contributed by atoms with Crippen LogP contribution in [0.25, 0.3) is 10.8 Å². The number of nitrogens with zero attached hydrogens (tertiary/aromatic N) is 2. The van der Waals surface area contributed by atoms with Crippen molar-refractivity contribution in [3.63, 3.8) is 0 Å². The zero-order valence-electron chi connectivity index (χ0n) is 13.4. The fourth-order valence-corrected chi connectivity index (χ4v) is 3.40. The summed E-state index contributed by atoms with van der Waals surface area (Å²) >= 11 is 5.96. The standard InChI is InChI=1S/C17H11ClN2O6S/c18-12-6-3-7-13(27(24,25)26)15(12)20-19-14-10-5-2-1-4-9(10)8-11(16(14)21)17(22)23/h1-8,21H,(H,22,23)(H,24,25,26). The van der Waals surface area contributed by atoms with Gasteiger partial charge in [0, 0.05) is 5.39 Å². The van der Waals surface area contributed by atoms with Crippen molar-refractivity contribution >= 4 is 49.8 Å². The number of rotatable bonds is 4. The van der Waals surface area contributed by atoms with E-state index in [0.29, 0.717) is 10.8 Å². The highest BCUT2D eigenvalue weighted by atomic mass is 35.5. The van der Waals surface area contributed by atoms with Crippen LogP contribution in [0.3, 0.4) is 0 Å². The number of hydrogen-bond donors (Lipinski definition) is 3. The lowest BCUT2D eigenvalue weighted by Gasteiger charge is -2.08. The number of aromatic carboxylic acids is 1. The maximum atomic E-state index is 11.5. The van der Waals surface area contributed by atoms with Gasteiger partial charge in [0.05, 0.1) is 5.02 Å². The summed E-state index contributed by atoms with van der Waals surface area (Å²) < 4.78 is 32.3. The van der Waals surface area contributed by atoms with Gasteiger partial charge in [0.2, 0.25) is 0 Å². The average molecular weight is 407 g/mol. The number of benzene rings is 3. The number of halogens is 1. The Morgan fingerprint density at radius 2 is 1.67 bits per heavy atom. The number of hydrogen-bond acceptors (Lipinski definition) is 6. The van der Waals surface area contributed by atoms with Crippen LogP contribution >= 0.6 is 11.6 Å². The summed E-state index contributed by atoms with van der Waals surface area (Å²) in [7, 11) is -4.63. The van der Waals surface area contributed by atoms with Crippen LogP contribution in [-0.2, 0) is 10.1 Å². The van der Waals surface area contributed by atoms with Crippen LogP contribution < -0.4 is 0 Å². The van der Waals surface area contributed by atoms with Crippen LogP contribution in [-0.4, -0.2) is 29.2 Å². The van der Waals surface area contributed by atoms with Crippen molar-refractivity contribution in [3.8, 4) is 5.75 Å². The molecule has 8 nitrogen and oxygen atoms in total. The number of phenols is 1. The second-order valence-corrected chi connectivity index (χ2v) is 7.21. The van der Waals surface area contributed by atoms with E-state index < -0.39 is 32.3 Å². The molecule has 3 rings (SSSR count). The van der Waals surface area contributed by atoms with Gasteiger partial charge in [-0.15, -0.1) is 10.2 Å². The topological polar surface area (TPSA) is 137 Å². The number of azo groups is 1. The summed E-state index contributed by atoms with van der Waals surface area (Å²) in [5.74, 6) is -2.00. The molecule has 10 heteroatoms. The average Bonchev–Trinajstić information content (AvgIpc) is 2.60. The Morgan fingerprint density at radius 1 is 1.00 bits per heavy atom. The van der Waals surface area contributed by atoms with Gasteiger partial charge in [0.25, 0.3) is 10.1 Å². The molecule has 0 atom stereocenters. The fraction of sp³-hybridized carbons (Fsp3) is 0. The van der Waals surface area contributed by atoms with Crippen LogP contribution in [0.15, 0.2) is 63.7 Å². The SMILES string of the molecule is O=C(O)c1cc2ccccc2c(N=Nc2c(Cl)cccc2S(=O)(=O)O)c1O. The summed E-state index contributed by atoms with van der Waals surface area (Å²) in [5.41, 5.74) is -0.908. The van der Waals surface area contributed by atoms with E-state index >= 15 is 0 Å². The summed E-state index contributed by atoms with van der Waals surface area (Å²) in [4.78, 5) is 10.8. The van der Waals surface area contributed by atoms with E-state index in [4.69, 9.17) is 11.6 Å². The predicted molar refractivity (Wildman–Crippen MR) is 98.0 cm³/mol. The maximum Gasteiger partial charge on any atom is 0.339 e. The summed E-state index contributed by atoms with van der Waals surface area (Å²) in [6, 6.07) is 11.6.